The summed E-state index contributed by atoms with van der Waals surface area (Å²) in [6.45, 7) is 0. The van der Waals surface area contributed by atoms with E-state index in [2.05, 4.69) is 0 Å². The largest absolute Gasteiger partial charge is 0.478 e. The molecule has 1 aliphatic heterocycles. The highest BCUT2D eigenvalue weighted by Crippen LogP contribution is 2.45. The summed E-state index contributed by atoms with van der Waals surface area (Å²) in [5.74, 6) is -2.87. The van der Waals surface area contributed by atoms with E-state index in [4.69, 9.17) is 21.3 Å². The fourth-order valence-corrected chi connectivity index (χ4v) is 5.58. The minimum absolute atomic E-state index is 0.102. The van der Waals surface area contributed by atoms with Gasteiger partial charge in [0, 0.05) is 16.5 Å². The third kappa shape index (κ3) is 4.51. The average Bonchev–Trinajstić information content (AvgIpc) is 2.74. The molecular weight excluding hydrogens is 530 g/mol. The van der Waals surface area contributed by atoms with Gasteiger partial charge in [0.05, 0.1) is 23.0 Å². The number of hydrogen-bond acceptors (Lipinski definition) is 9. The number of carbonyl (C=O) groups excluding carboxylic acids is 1. The zero-order valence-corrected chi connectivity index (χ0v) is 20.1. The van der Waals surface area contributed by atoms with Crippen LogP contribution in [-0.4, -0.2) is 42.9 Å². The number of rotatable bonds is 6. The number of fused-ring (bicyclic) bond motifs is 2. The van der Waals surface area contributed by atoms with Gasteiger partial charge < -0.3 is 21.0 Å². The van der Waals surface area contributed by atoms with Crippen molar-refractivity contribution < 1.29 is 45.1 Å². The van der Waals surface area contributed by atoms with E-state index in [1.807, 2.05) is 0 Å². The molecule has 37 heavy (non-hydrogen) atoms. The van der Waals surface area contributed by atoms with Crippen LogP contribution in [-0.2, 0) is 31.5 Å². The summed E-state index contributed by atoms with van der Waals surface area (Å²) >= 11 is 0. The number of benzene rings is 3. The Morgan fingerprint density at radius 2 is 1.57 bits per heavy atom. The fraction of sp³-hybridized carbons (Fsp3) is 0.0455. The van der Waals surface area contributed by atoms with Crippen LogP contribution < -0.4 is 16.8 Å². The Morgan fingerprint density at radius 1 is 0.919 bits per heavy atom. The van der Waals surface area contributed by atoms with Crippen LogP contribution >= 0.6 is 0 Å². The van der Waals surface area contributed by atoms with Gasteiger partial charge in [0.2, 0.25) is 5.91 Å². The number of nitrogens with two attached hydrogens (primary N) is 2. The van der Waals surface area contributed by atoms with Crippen LogP contribution in [0.25, 0.3) is 33.4 Å². The summed E-state index contributed by atoms with van der Waals surface area (Å²) < 4.78 is 74.1. The van der Waals surface area contributed by atoms with Crippen LogP contribution in [0, 0.1) is 5.41 Å². The normalized spacial score (nSPS) is 12.2. The van der Waals surface area contributed by atoms with Gasteiger partial charge in [-0.3, -0.25) is 19.3 Å². The van der Waals surface area contributed by atoms with Crippen molar-refractivity contribution in [1.29, 1.82) is 5.41 Å². The maximum atomic E-state index is 12.2. The number of amides is 1. The van der Waals surface area contributed by atoms with Gasteiger partial charge in [-0.1, -0.05) is 6.07 Å². The first-order chi connectivity index (χ1) is 17.1. The SMILES string of the molecule is N=c1ccc2c(-c3cc(CC(N)=O)ccc3C(=O)O)c3ccc(N)c(S(=O)(=O)O)c3oc-2c1S(=O)(=O)O. The second-order valence-corrected chi connectivity index (χ2v) is 10.7. The van der Waals surface area contributed by atoms with Crippen molar-refractivity contribution >= 4 is 48.8 Å². The van der Waals surface area contributed by atoms with Crippen LogP contribution in [0.2, 0.25) is 0 Å². The van der Waals surface area contributed by atoms with Crippen LogP contribution in [0.5, 0.6) is 0 Å². The molecule has 4 rings (SSSR count). The third-order valence-electron chi connectivity index (χ3n) is 5.48. The minimum Gasteiger partial charge on any atom is -0.478 e. The van der Waals surface area contributed by atoms with Gasteiger partial charge >= 0.3 is 5.97 Å². The fourth-order valence-electron chi connectivity index (χ4n) is 4.09. The second kappa shape index (κ2) is 8.67. The van der Waals surface area contributed by atoms with Gasteiger partial charge in [-0.2, -0.15) is 16.8 Å². The molecule has 13 nitrogen and oxygen atoms in total. The molecule has 0 bridgehead atoms. The molecule has 2 aromatic carbocycles. The van der Waals surface area contributed by atoms with E-state index in [1.54, 1.807) is 0 Å². The van der Waals surface area contributed by atoms with E-state index in [-0.39, 0.29) is 39.6 Å². The van der Waals surface area contributed by atoms with E-state index in [9.17, 15) is 40.6 Å². The third-order valence-corrected chi connectivity index (χ3v) is 7.33. The molecule has 192 valence electrons. The molecule has 0 unspecified atom stereocenters. The summed E-state index contributed by atoms with van der Waals surface area (Å²) in [7, 11) is -10.2. The number of nitrogen functional groups attached to an aromatic ring is 1. The maximum absolute atomic E-state index is 12.2. The zero-order chi connectivity index (χ0) is 27.4. The van der Waals surface area contributed by atoms with Crippen molar-refractivity contribution in [2.75, 3.05) is 5.73 Å². The lowest BCUT2D eigenvalue weighted by Gasteiger charge is -2.20. The van der Waals surface area contributed by atoms with E-state index in [0.29, 0.717) is 0 Å². The molecule has 0 atom stereocenters. The number of primary amides is 1. The summed E-state index contributed by atoms with van der Waals surface area (Å²) in [6.07, 6.45) is -0.295. The van der Waals surface area contributed by atoms with Crippen molar-refractivity contribution in [2.45, 2.75) is 16.2 Å². The molecule has 0 fully saturated rings. The zero-order valence-electron chi connectivity index (χ0n) is 18.4. The summed E-state index contributed by atoms with van der Waals surface area (Å²) in [6, 6.07) is 8.36. The van der Waals surface area contributed by atoms with Crippen molar-refractivity contribution in [3.05, 3.63) is 58.9 Å². The van der Waals surface area contributed by atoms with Gasteiger partial charge in [-0.25, -0.2) is 4.79 Å². The van der Waals surface area contributed by atoms with E-state index in [1.165, 1.54) is 30.3 Å². The molecule has 1 aliphatic carbocycles. The number of aromatic carboxylic acids is 1. The van der Waals surface area contributed by atoms with Crippen LogP contribution in [0.15, 0.2) is 56.7 Å². The molecule has 8 N–H and O–H groups in total. The lowest BCUT2D eigenvalue weighted by Crippen LogP contribution is -2.17. The first-order valence-corrected chi connectivity index (χ1v) is 13.0. The highest BCUT2D eigenvalue weighted by atomic mass is 32.2. The summed E-state index contributed by atoms with van der Waals surface area (Å²) in [5, 5.41) is 17.0. The van der Waals surface area contributed by atoms with Crippen LogP contribution in [0.3, 0.4) is 0 Å². The van der Waals surface area contributed by atoms with Gasteiger partial charge in [0.1, 0.15) is 0 Å². The highest BCUT2D eigenvalue weighted by molar-refractivity contribution is 7.86. The lowest BCUT2D eigenvalue weighted by molar-refractivity contribution is -0.117. The Balaban J connectivity index is 2.36. The van der Waals surface area contributed by atoms with Crippen molar-refractivity contribution in [3.63, 3.8) is 0 Å². The summed E-state index contributed by atoms with van der Waals surface area (Å²) in [5.41, 5.74) is 9.46. The van der Waals surface area contributed by atoms with E-state index >= 15 is 0 Å². The van der Waals surface area contributed by atoms with E-state index in [0.717, 1.165) is 12.1 Å². The first-order valence-electron chi connectivity index (χ1n) is 10.1. The van der Waals surface area contributed by atoms with Gasteiger partial charge in [-0.05, 0) is 47.5 Å². The highest BCUT2D eigenvalue weighted by Gasteiger charge is 2.31. The van der Waals surface area contributed by atoms with Crippen molar-refractivity contribution in [3.8, 4) is 22.5 Å². The molecule has 15 heteroatoms. The number of carboxylic acid groups (broad SMARTS) is 1. The molecule has 1 amide bonds. The molecule has 0 radical (unpaired) electrons. The Morgan fingerprint density at radius 3 is 2.14 bits per heavy atom. The smallest absolute Gasteiger partial charge is 0.336 e. The molecular formula is C22H17N3O10S2. The predicted molar refractivity (Wildman–Crippen MR) is 128 cm³/mol. The Labute approximate surface area is 208 Å². The average molecular weight is 548 g/mol. The van der Waals surface area contributed by atoms with Gasteiger partial charge in [0.15, 0.2) is 21.1 Å². The first kappa shape index (κ1) is 25.8. The topological polar surface area (TPSA) is 252 Å². The maximum Gasteiger partial charge on any atom is 0.336 e. The number of carbonyl (C=O) groups is 2. The van der Waals surface area contributed by atoms with Crippen molar-refractivity contribution in [2.24, 2.45) is 5.73 Å². The monoisotopic (exact) mass is 547 g/mol. The molecule has 0 saturated heterocycles. The second-order valence-electron chi connectivity index (χ2n) is 7.93. The molecule has 1 heterocycles. The Bertz CT molecular complexity index is 1890. The Hall–Kier alpha value is -4.31. The van der Waals surface area contributed by atoms with E-state index < -0.39 is 64.3 Å². The standard InChI is InChI=1S/C22H17N3O10S2/c23-14-5-3-11-17(13-7-9(8-16(25)26)1-2-10(13)22(27)28)12-4-6-15(24)21(37(32,33)34)19(12)35-18(11)20(14)36(29,30)31/h1-7,23H,8,24H2,(H2,25,26)(H,27,28)(H,29,30,31)(H,32,33,34). The molecule has 2 aromatic rings. The minimum atomic E-state index is -5.14. The lowest BCUT2D eigenvalue weighted by atomic mass is 9.89. The van der Waals surface area contributed by atoms with Crippen LogP contribution in [0.1, 0.15) is 15.9 Å². The molecule has 0 spiro atoms. The van der Waals surface area contributed by atoms with Gasteiger partial charge in [-0.15, -0.1) is 0 Å². The molecule has 0 saturated carbocycles. The van der Waals surface area contributed by atoms with Gasteiger partial charge in [0.25, 0.3) is 20.2 Å². The van der Waals surface area contributed by atoms with Crippen molar-refractivity contribution in [1.82, 2.24) is 0 Å². The van der Waals surface area contributed by atoms with Crippen LogP contribution in [0.4, 0.5) is 5.69 Å². The number of hydrogen-bond donors (Lipinski definition) is 6. The number of carboxylic acids is 1. The predicted octanol–water partition coefficient (Wildman–Crippen LogP) is 1.49. The number of nitrogens with one attached hydrogen (secondary N) is 1. The molecule has 2 aliphatic rings. The summed E-state index contributed by atoms with van der Waals surface area (Å²) in [4.78, 5) is 21.6. The molecule has 0 aromatic heterocycles. The quantitative estimate of drug-likeness (QED) is 0.114. The Kier molecular flexibility index (Phi) is 6.04. The number of anilines is 1.